The molecule has 1 fully saturated rings. The monoisotopic (exact) mass is 281 g/mol. The molecule has 0 atom stereocenters. The van der Waals surface area contributed by atoms with Gasteiger partial charge < -0.3 is 15.2 Å². The number of hydrogen-bond acceptors (Lipinski definition) is 2. The summed E-state index contributed by atoms with van der Waals surface area (Å²) in [6.07, 6.45) is 6.38. The van der Waals surface area contributed by atoms with Gasteiger partial charge in [0.1, 0.15) is 5.69 Å². The van der Waals surface area contributed by atoms with Gasteiger partial charge in [0.05, 0.1) is 0 Å². The van der Waals surface area contributed by atoms with Crippen molar-refractivity contribution >= 4 is 17.3 Å². The molecule has 2 N–H and O–H groups in total. The molecule has 1 aromatic heterocycles. The number of hydrogen-bond donors (Lipinski definition) is 1. The molecule has 1 saturated carbocycles. The normalized spacial score (nSPS) is 17.6. The minimum absolute atomic E-state index is 0.109. The van der Waals surface area contributed by atoms with Gasteiger partial charge in [0.25, 0.3) is 5.91 Å². The zero-order chi connectivity index (χ0) is 14.4. The van der Waals surface area contributed by atoms with Crippen LogP contribution in [-0.4, -0.2) is 17.0 Å². The number of carbonyl (C=O) groups is 1. The fourth-order valence-corrected chi connectivity index (χ4v) is 3.21. The van der Waals surface area contributed by atoms with Gasteiger partial charge in [0.15, 0.2) is 0 Å². The molecule has 0 radical (unpaired) electrons. The van der Waals surface area contributed by atoms with Crippen LogP contribution in [0.25, 0.3) is 0 Å². The van der Waals surface area contributed by atoms with E-state index < -0.39 is 0 Å². The highest BCUT2D eigenvalue weighted by atomic mass is 16.2. The van der Waals surface area contributed by atoms with Crippen LogP contribution in [0.1, 0.15) is 41.4 Å². The van der Waals surface area contributed by atoms with E-state index in [1.54, 1.807) is 0 Å². The number of anilines is 2. The third-order valence-corrected chi connectivity index (χ3v) is 4.41. The van der Waals surface area contributed by atoms with E-state index in [0.717, 1.165) is 36.5 Å². The van der Waals surface area contributed by atoms with Gasteiger partial charge in [-0.05, 0) is 61.6 Å². The molecule has 0 saturated heterocycles. The van der Waals surface area contributed by atoms with Crippen molar-refractivity contribution in [3.63, 3.8) is 0 Å². The molecule has 2 aromatic rings. The number of benzene rings is 1. The zero-order valence-electron chi connectivity index (χ0n) is 12.0. The first-order chi connectivity index (χ1) is 10.2. The van der Waals surface area contributed by atoms with Crippen molar-refractivity contribution in [3.05, 3.63) is 47.8 Å². The van der Waals surface area contributed by atoms with E-state index in [9.17, 15) is 4.79 Å². The van der Waals surface area contributed by atoms with Gasteiger partial charge in [-0.25, -0.2) is 0 Å². The zero-order valence-corrected chi connectivity index (χ0v) is 12.0. The number of rotatable bonds is 2. The van der Waals surface area contributed by atoms with Gasteiger partial charge in [0.2, 0.25) is 0 Å². The minimum Gasteiger partial charge on any atom is -0.399 e. The first-order valence-corrected chi connectivity index (χ1v) is 7.61. The maximum absolute atomic E-state index is 12.9. The molecule has 0 unspecified atom stereocenters. The summed E-state index contributed by atoms with van der Waals surface area (Å²) in [6.45, 7) is 0.783. The molecule has 1 aliphatic carbocycles. The van der Waals surface area contributed by atoms with Gasteiger partial charge in [-0.2, -0.15) is 0 Å². The Bertz CT molecular complexity index is 700. The molecule has 108 valence electrons. The Kier molecular flexibility index (Phi) is 2.77. The summed E-state index contributed by atoms with van der Waals surface area (Å²) in [4.78, 5) is 14.8. The second-order valence-electron chi connectivity index (χ2n) is 5.98. The van der Waals surface area contributed by atoms with Crippen LogP contribution in [0.5, 0.6) is 0 Å². The van der Waals surface area contributed by atoms with E-state index in [1.165, 1.54) is 18.4 Å². The number of nitrogens with zero attached hydrogens (tertiary/aromatic N) is 2. The van der Waals surface area contributed by atoms with E-state index in [4.69, 9.17) is 5.73 Å². The molecule has 0 spiro atoms. The first kappa shape index (κ1) is 12.5. The smallest absolute Gasteiger partial charge is 0.274 e. The van der Waals surface area contributed by atoms with Crippen molar-refractivity contribution in [2.24, 2.45) is 0 Å². The van der Waals surface area contributed by atoms with Crippen molar-refractivity contribution in [1.29, 1.82) is 0 Å². The number of amides is 1. The van der Waals surface area contributed by atoms with Crippen molar-refractivity contribution in [2.45, 2.75) is 31.7 Å². The molecule has 1 aromatic carbocycles. The van der Waals surface area contributed by atoms with E-state index >= 15 is 0 Å². The van der Waals surface area contributed by atoms with Crippen LogP contribution in [0.2, 0.25) is 0 Å². The van der Waals surface area contributed by atoms with Crippen molar-refractivity contribution in [3.8, 4) is 0 Å². The Morgan fingerprint density at radius 3 is 2.90 bits per heavy atom. The average molecular weight is 281 g/mol. The van der Waals surface area contributed by atoms with Gasteiger partial charge in [-0.15, -0.1) is 0 Å². The average Bonchev–Trinajstić information content (AvgIpc) is 3.22. The second-order valence-corrected chi connectivity index (χ2v) is 5.98. The number of fused-ring (bicyclic) bond motifs is 1. The van der Waals surface area contributed by atoms with Crippen molar-refractivity contribution in [1.82, 2.24) is 4.57 Å². The van der Waals surface area contributed by atoms with Gasteiger partial charge in [0, 0.05) is 30.2 Å². The maximum Gasteiger partial charge on any atom is 0.274 e. The lowest BCUT2D eigenvalue weighted by atomic mass is 10.0. The second kappa shape index (κ2) is 4.65. The van der Waals surface area contributed by atoms with Crippen molar-refractivity contribution < 1.29 is 4.79 Å². The van der Waals surface area contributed by atoms with Gasteiger partial charge >= 0.3 is 0 Å². The highest BCUT2D eigenvalue weighted by molar-refractivity contribution is 6.06. The maximum atomic E-state index is 12.9. The Balaban J connectivity index is 1.71. The predicted molar refractivity (Wildman–Crippen MR) is 83.6 cm³/mol. The molecule has 0 bridgehead atoms. The Morgan fingerprint density at radius 2 is 2.10 bits per heavy atom. The molecule has 1 aliphatic heterocycles. The predicted octanol–water partition coefficient (Wildman–Crippen LogP) is 3.00. The molecular formula is C17H19N3O. The van der Waals surface area contributed by atoms with Crippen LogP contribution >= 0.6 is 0 Å². The third kappa shape index (κ3) is 2.11. The molecular weight excluding hydrogens is 262 g/mol. The third-order valence-electron chi connectivity index (χ3n) is 4.41. The highest BCUT2D eigenvalue weighted by Gasteiger charge is 2.30. The van der Waals surface area contributed by atoms with Crippen LogP contribution in [0.4, 0.5) is 11.4 Å². The number of carbonyl (C=O) groups excluding carboxylic acids is 1. The Hall–Kier alpha value is -2.23. The lowest BCUT2D eigenvalue weighted by Crippen LogP contribution is -2.36. The molecule has 2 aliphatic rings. The van der Waals surface area contributed by atoms with Crippen molar-refractivity contribution in [2.75, 3.05) is 17.2 Å². The summed E-state index contributed by atoms with van der Waals surface area (Å²) in [5.74, 6) is 0.109. The molecule has 21 heavy (non-hydrogen) atoms. The van der Waals surface area contributed by atoms with Crippen LogP contribution < -0.4 is 10.6 Å². The number of aromatic nitrogens is 1. The molecule has 4 rings (SSSR count). The largest absolute Gasteiger partial charge is 0.399 e. The summed E-state index contributed by atoms with van der Waals surface area (Å²) in [5.41, 5.74) is 9.64. The SMILES string of the molecule is Nc1ccc2c(c1)CCCN2C(=O)c1cccn1C1CC1. The summed E-state index contributed by atoms with van der Waals surface area (Å²) in [7, 11) is 0. The van der Waals surface area contributed by atoms with Gasteiger partial charge in [-0.1, -0.05) is 0 Å². The van der Waals surface area contributed by atoms with E-state index in [1.807, 2.05) is 41.4 Å². The summed E-state index contributed by atoms with van der Waals surface area (Å²) in [5, 5.41) is 0. The first-order valence-electron chi connectivity index (χ1n) is 7.61. The lowest BCUT2D eigenvalue weighted by molar-refractivity contribution is 0.0976. The standard InChI is InChI=1S/C17H19N3O/c18-13-5-8-15-12(11-13)3-1-10-20(15)17(21)16-4-2-9-19(16)14-6-7-14/h2,4-5,8-9,11,14H,1,3,6-7,10,18H2. The number of aryl methyl sites for hydroxylation is 1. The van der Waals surface area contributed by atoms with E-state index in [0.29, 0.717) is 6.04 Å². The molecule has 4 heteroatoms. The minimum atomic E-state index is 0.109. The topological polar surface area (TPSA) is 51.3 Å². The number of nitrogen functional groups attached to an aromatic ring is 1. The highest BCUT2D eigenvalue weighted by Crippen LogP contribution is 2.37. The summed E-state index contributed by atoms with van der Waals surface area (Å²) in [6, 6.07) is 10.3. The fraction of sp³-hybridized carbons (Fsp3) is 0.353. The van der Waals surface area contributed by atoms with Crippen LogP contribution in [0.15, 0.2) is 36.5 Å². The molecule has 1 amide bonds. The summed E-state index contributed by atoms with van der Waals surface area (Å²) < 4.78 is 2.13. The van der Waals surface area contributed by atoms with Gasteiger partial charge in [-0.3, -0.25) is 4.79 Å². The lowest BCUT2D eigenvalue weighted by Gasteiger charge is -2.30. The number of nitrogens with two attached hydrogens (primary N) is 1. The fourth-order valence-electron chi connectivity index (χ4n) is 3.21. The Labute approximate surface area is 124 Å². The molecule has 4 nitrogen and oxygen atoms in total. The van der Waals surface area contributed by atoms with Crippen LogP contribution in [0.3, 0.4) is 0 Å². The van der Waals surface area contributed by atoms with E-state index in [-0.39, 0.29) is 5.91 Å². The quantitative estimate of drug-likeness (QED) is 0.860. The molecule has 2 heterocycles. The van der Waals surface area contributed by atoms with Crippen LogP contribution in [0, 0.1) is 0 Å². The van der Waals surface area contributed by atoms with Crippen LogP contribution in [-0.2, 0) is 6.42 Å². The van der Waals surface area contributed by atoms with E-state index in [2.05, 4.69) is 4.57 Å². The summed E-state index contributed by atoms with van der Waals surface area (Å²) >= 11 is 0. The Morgan fingerprint density at radius 1 is 1.24 bits per heavy atom.